The van der Waals surface area contributed by atoms with Gasteiger partial charge in [-0.1, -0.05) is 39.7 Å². The minimum atomic E-state index is 0.346. The SMILES string of the molecule is Cc1ccc2[nH]c3nc(N/N=C/c4ccc(Br)cc4)nnc3c2c1. The van der Waals surface area contributed by atoms with Crippen molar-refractivity contribution in [2.45, 2.75) is 6.92 Å². The zero-order chi connectivity index (χ0) is 16.5. The van der Waals surface area contributed by atoms with Crippen LogP contribution in [0, 0.1) is 6.92 Å². The highest BCUT2D eigenvalue weighted by Gasteiger charge is 2.08. The largest absolute Gasteiger partial charge is 0.338 e. The fourth-order valence-electron chi connectivity index (χ4n) is 2.45. The number of hydrogen-bond donors (Lipinski definition) is 2. The third kappa shape index (κ3) is 2.85. The smallest absolute Gasteiger partial charge is 0.265 e. The van der Waals surface area contributed by atoms with Crippen LogP contribution in [0.4, 0.5) is 5.95 Å². The summed E-state index contributed by atoms with van der Waals surface area (Å²) in [4.78, 5) is 7.68. The fourth-order valence-corrected chi connectivity index (χ4v) is 2.71. The maximum absolute atomic E-state index is 4.43. The zero-order valence-electron chi connectivity index (χ0n) is 12.8. The van der Waals surface area contributed by atoms with Gasteiger partial charge in [-0.05, 0) is 36.8 Å². The van der Waals surface area contributed by atoms with Crippen molar-refractivity contribution in [2.24, 2.45) is 5.10 Å². The van der Waals surface area contributed by atoms with Gasteiger partial charge in [-0.25, -0.2) is 5.43 Å². The number of fused-ring (bicyclic) bond motifs is 3. The third-order valence-electron chi connectivity index (χ3n) is 3.62. The van der Waals surface area contributed by atoms with Gasteiger partial charge in [-0.3, -0.25) is 0 Å². The number of hydrazone groups is 1. The summed E-state index contributed by atoms with van der Waals surface area (Å²) in [6.45, 7) is 2.05. The summed E-state index contributed by atoms with van der Waals surface area (Å²) >= 11 is 3.40. The minimum Gasteiger partial charge on any atom is -0.338 e. The molecule has 0 aliphatic carbocycles. The molecule has 0 saturated carbocycles. The van der Waals surface area contributed by atoms with Gasteiger partial charge in [0.1, 0.15) is 5.52 Å². The highest BCUT2D eigenvalue weighted by atomic mass is 79.9. The van der Waals surface area contributed by atoms with Crippen LogP contribution in [0.1, 0.15) is 11.1 Å². The molecule has 0 amide bonds. The first-order valence-corrected chi connectivity index (χ1v) is 8.16. The lowest BCUT2D eigenvalue weighted by atomic mass is 10.2. The highest BCUT2D eigenvalue weighted by molar-refractivity contribution is 9.10. The molecule has 0 radical (unpaired) electrons. The van der Waals surface area contributed by atoms with Crippen LogP contribution < -0.4 is 5.43 Å². The fraction of sp³-hybridized carbons (Fsp3) is 0.0588. The van der Waals surface area contributed by atoms with Gasteiger partial charge in [0, 0.05) is 15.4 Å². The molecule has 0 atom stereocenters. The van der Waals surface area contributed by atoms with Crippen molar-refractivity contribution in [2.75, 3.05) is 5.43 Å². The molecule has 0 spiro atoms. The van der Waals surface area contributed by atoms with E-state index < -0.39 is 0 Å². The Hall–Kier alpha value is -2.80. The molecule has 24 heavy (non-hydrogen) atoms. The summed E-state index contributed by atoms with van der Waals surface area (Å²) in [5, 5.41) is 13.5. The van der Waals surface area contributed by atoms with Crippen molar-refractivity contribution in [3.63, 3.8) is 0 Å². The topological polar surface area (TPSA) is 78.9 Å². The summed E-state index contributed by atoms with van der Waals surface area (Å²) in [5.41, 5.74) is 7.40. The summed E-state index contributed by atoms with van der Waals surface area (Å²) < 4.78 is 1.03. The zero-order valence-corrected chi connectivity index (χ0v) is 14.4. The number of aryl methyl sites for hydroxylation is 1. The van der Waals surface area contributed by atoms with E-state index in [4.69, 9.17) is 0 Å². The van der Waals surface area contributed by atoms with E-state index >= 15 is 0 Å². The van der Waals surface area contributed by atoms with Gasteiger partial charge in [0.05, 0.1) is 6.21 Å². The second kappa shape index (κ2) is 6.01. The molecule has 0 unspecified atom stereocenters. The number of halogens is 1. The van der Waals surface area contributed by atoms with Crippen LogP contribution >= 0.6 is 15.9 Å². The summed E-state index contributed by atoms with van der Waals surface area (Å²) in [6, 6.07) is 14.0. The molecule has 2 N–H and O–H groups in total. The van der Waals surface area contributed by atoms with E-state index in [0.717, 1.165) is 26.5 Å². The number of benzene rings is 2. The number of H-pyrrole nitrogens is 1. The summed E-state index contributed by atoms with van der Waals surface area (Å²) in [6.07, 6.45) is 1.70. The predicted molar refractivity (Wildman–Crippen MR) is 99.3 cm³/mol. The van der Waals surface area contributed by atoms with Crippen molar-refractivity contribution in [1.29, 1.82) is 0 Å². The van der Waals surface area contributed by atoms with Crippen LogP contribution in [0.25, 0.3) is 22.1 Å². The second-order valence-corrected chi connectivity index (χ2v) is 6.34. The molecule has 0 bridgehead atoms. The lowest BCUT2D eigenvalue weighted by molar-refractivity contribution is 1.01. The van der Waals surface area contributed by atoms with E-state index in [-0.39, 0.29) is 0 Å². The van der Waals surface area contributed by atoms with Crippen molar-refractivity contribution in [1.82, 2.24) is 20.2 Å². The van der Waals surface area contributed by atoms with Crippen molar-refractivity contribution >= 4 is 50.2 Å². The Kier molecular flexibility index (Phi) is 3.70. The lowest BCUT2D eigenvalue weighted by Crippen LogP contribution is -1.98. The number of nitrogens with one attached hydrogen (secondary N) is 2. The number of hydrogen-bond acceptors (Lipinski definition) is 5. The highest BCUT2D eigenvalue weighted by Crippen LogP contribution is 2.23. The minimum absolute atomic E-state index is 0.346. The quantitative estimate of drug-likeness (QED) is 0.415. The molecule has 118 valence electrons. The van der Waals surface area contributed by atoms with E-state index in [1.165, 1.54) is 5.56 Å². The van der Waals surface area contributed by atoms with Crippen LogP contribution in [-0.4, -0.2) is 26.4 Å². The Labute approximate surface area is 146 Å². The van der Waals surface area contributed by atoms with Gasteiger partial charge in [-0.15, -0.1) is 10.2 Å². The first kappa shape index (κ1) is 14.8. The molecule has 0 saturated heterocycles. The van der Waals surface area contributed by atoms with E-state index in [1.807, 2.05) is 43.3 Å². The third-order valence-corrected chi connectivity index (χ3v) is 4.15. The average molecular weight is 381 g/mol. The van der Waals surface area contributed by atoms with Gasteiger partial charge in [-0.2, -0.15) is 10.1 Å². The van der Waals surface area contributed by atoms with Gasteiger partial charge >= 0.3 is 0 Å². The lowest BCUT2D eigenvalue weighted by Gasteiger charge is -1.97. The van der Waals surface area contributed by atoms with Crippen molar-refractivity contribution in [3.8, 4) is 0 Å². The van der Waals surface area contributed by atoms with Crippen molar-refractivity contribution in [3.05, 3.63) is 58.1 Å². The Morgan fingerprint density at radius 3 is 2.79 bits per heavy atom. The standard InChI is InChI=1S/C17H13BrN6/c1-10-2-7-14-13(8-10)15-16(20-14)21-17(24-22-15)23-19-9-11-3-5-12(18)6-4-11/h2-9H,1H3,(H2,20,21,23,24)/b19-9+. The molecule has 4 aromatic rings. The second-order valence-electron chi connectivity index (χ2n) is 5.43. The molecule has 7 heteroatoms. The van der Waals surface area contributed by atoms with Crippen LogP contribution in [0.2, 0.25) is 0 Å². The molecule has 2 aromatic carbocycles. The van der Waals surface area contributed by atoms with E-state index in [1.54, 1.807) is 6.21 Å². The average Bonchev–Trinajstić information content (AvgIpc) is 2.94. The van der Waals surface area contributed by atoms with Gasteiger partial charge in [0.25, 0.3) is 5.95 Å². The van der Waals surface area contributed by atoms with Crippen LogP contribution in [0.15, 0.2) is 52.0 Å². The van der Waals surface area contributed by atoms with Gasteiger partial charge in [0.2, 0.25) is 0 Å². The molecule has 2 aromatic heterocycles. The Morgan fingerprint density at radius 2 is 1.96 bits per heavy atom. The Bertz CT molecular complexity index is 1050. The molecule has 2 heterocycles. The monoisotopic (exact) mass is 380 g/mol. The number of nitrogens with zero attached hydrogens (tertiary/aromatic N) is 4. The van der Waals surface area contributed by atoms with E-state index in [2.05, 4.69) is 52.7 Å². The first-order chi connectivity index (χ1) is 11.7. The number of rotatable bonds is 3. The van der Waals surface area contributed by atoms with Crippen LogP contribution in [0.3, 0.4) is 0 Å². The maximum Gasteiger partial charge on any atom is 0.265 e. The van der Waals surface area contributed by atoms with Gasteiger partial charge < -0.3 is 4.98 Å². The Morgan fingerprint density at radius 1 is 1.12 bits per heavy atom. The normalized spacial score (nSPS) is 11.6. The molecule has 4 rings (SSSR count). The molecular weight excluding hydrogens is 368 g/mol. The number of anilines is 1. The predicted octanol–water partition coefficient (Wildman–Crippen LogP) is 4.02. The Balaban J connectivity index is 1.60. The maximum atomic E-state index is 4.43. The molecular formula is C17H13BrN6. The summed E-state index contributed by atoms with van der Waals surface area (Å²) in [5.74, 6) is 0.346. The van der Waals surface area contributed by atoms with E-state index in [0.29, 0.717) is 11.6 Å². The molecule has 0 fully saturated rings. The number of aromatic amines is 1. The first-order valence-electron chi connectivity index (χ1n) is 7.36. The molecule has 6 nitrogen and oxygen atoms in total. The van der Waals surface area contributed by atoms with Crippen molar-refractivity contribution < 1.29 is 0 Å². The van der Waals surface area contributed by atoms with Crippen LogP contribution in [-0.2, 0) is 0 Å². The van der Waals surface area contributed by atoms with E-state index in [9.17, 15) is 0 Å². The number of aromatic nitrogens is 4. The molecule has 0 aliphatic rings. The molecule has 0 aliphatic heterocycles. The van der Waals surface area contributed by atoms with Gasteiger partial charge in [0.15, 0.2) is 5.65 Å². The summed E-state index contributed by atoms with van der Waals surface area (Å²) in [7, 11) is 0. The van der Waals surface area contributed by atoms with Crippen LogP contribution in [0.5, 0.6) is 0 Å².